The molecule has 1 rings (SSSR count). The van der Waals surface area contributed by atoms with Gasteiger partial charge >= 0.3 is 0 Å². The third-order valence-corrected chi connectivity index (χ3v) is 2.47. The van der Waals surface area contributed by atoms with Gasteiger partial charge in [0.15, 0.2) is 0 Å². The van der Waals surface area contributed by atoms with Gasteiger partial charge in [-0.3, -0.25) is 0 Å². The summed E-state index contributed by atoms with van der Waals surface area (Å²) in [7, 11) is 0. The fourth-order valence-corrected chi connectivity index (χ4v) is 1.68. The van der Waals surface area contributed by atoms with Crippen molar-refractivity contribution in [3.05, 3.63) is 0 Å². The molecule has 0 N–H and O–H groups in total. The Labute approximate surface area is 63.8 Å². The Morgan fingerprint density at radius 2 is 2.00 bits per heavy atom. The molecule has 0 aromatic rings. The molecule has 1 heterocycles. The Morgan fingerprint density at radius 3 is 2.50 bits per heavy atom. The number of rotatable bonds is 1. The van der Waals surface area contributed by atoms with Gasteiger partial charge in [0.1, 0.15) is 0 Å². The van der Waals surface area contributed by atoms with Crippen molar-refractivity contribution >= 4 is 0 Å². The molecule has 1 nitrogen and oxygen atoms in total. The molecule has 3 atom stereocenters. The maximum atomic E-state index is 5.75. The van der Waals surface area contributed by atoms with Crippen molar-refractivity contribution < 1.29 is 4.74 Å². The van der Waals surface area contributed by atoms with Crippen molar-refractivity contribution in [3.8, 4) is 0 Å². The number of hydrogen-bond donors (Lipinski definition) is 0. The number of ether oxygens (including phenoxy) is 1. The predicted octanol–water partition coefficient (Wildman–Crippen LogP) is 2.60. The van der Waals surface area contributed by atoms with Crippen molar-refractivity contribution in [2.45, 2.75) is 52.2 Å². The molecule has 0 aliphatic carbocycles. The monoisotopic (exact) mass is 142 g/mol. The van der Waals surface area contributed by atoms with Gasteiger partial charge in [0, 0.05) is 0 Å². The predicted molar refractivity (Wildman–Crippen MR) is 43.0 cm³/mol. The largest absolute Gasteiger partial charge is 0.375 e. The van der Waals surface area contributed by atoms with Crippen LogP contribution in [-0.2, 0) is 4.74 Å². The topological polar surface area (TPSA) is 9.23 Å². The van der Waals surface area contributed by atoms with Crippen LogP contribution in [0.4, 0.5) is 0 Å². The van der Waals surface area contributed by atoms with Gasteiger partial charge in [0.05, 0.1) is 12.2 Å². The summed E-state index contributed by atoms with van der Waals surface area (Å²) in [6.07, 6.45) is 4.80. The van der Waals surface area contributed by atoms with E-state index in [0.717, 1.165) is 5.92 Å². The van der Waals surface area contributed by atoms with Crippen molar-refractivity contribution in [2.75, 3.05) is 0 Å². The van der Waals surface area contributed by atoms with E-state index >= 15 is 0 Å². The molecule has 0 spiro atoms. The Balaban J connectivity index is 2.38. The normalized spacial score (nSPS) is 41.7. The molecule has 1 saturated heterocycles. The van der Waals surface area contributed by atoms with Crippen molar-refractivity contribution in [2.24, 2.45) is 5.92 Å². The third kappa shape index (κ3) is 1.72. The zero-order valence-corrected chi connectivity index (χ0v) is 7.26. The van der Waals surface area contributed by atoms with Crippen molar-refractivity contribution in [1.29, 1.82) is 0 Å². The first-order chi connectivity index (χ1) is 4.74. The maximum absolute atomic E-state index is 5.75. The molecule has 0 amide bonds. The van der Waals surface area contributed by atoms with Gasteiger partial charge in [-0.1, -0.05) is 13.8 Å². The first-order valence-electron chi connectivity index (χ1n) is 4.39. The van der Waals surface area contributed by atoms with Gasteiger partial charge in [-0.25, -0.2) is 0 Å². The molecule has 0 aromatic carbocycles. The molecule has 0 radical (unpaired) electrons. The smallest absolute Gasteiger partial charge is 0.0601 e. The van der Waals surface area contributed by atoms with Crippen molar-refractivity contribution in [3.63, 3.8) is 0 Å². The molecule has 1 aliphatic heterocycles. The lowest BCUT2D eigenvalue weighted by Gasteiger charge is -2.32. The van der Waals surface area contributed by atoms with Crippen LogP contribution < -0.4 is 0 Å². The highest BCUT2D eigenvalue weighted by Crippen LogP contribution is 2.25. The van der Waals surface area contributed by atoms with Crippen LogP contribution in [0, 0.1) is 5.92 Å². The average Bonchev–Trinajstić information content (AvgIpc) is 1.94. The van der Waals surface area contributed by atoms with Crippen LogP contribution in [0.25, 0.3) is 0 Å². The van der Waals surface area contributed by atoms with E-state index in [9.17, 15) is 0 Å². The molecule has 0 saturated carbocycles. The molecule has 1 fully saturated rings. The summed E-state index contributed by atoms with van der Waals surface area (Å²) in [5.41, 5.74) is 0. The van der Waals surface area contributed by atoms with Gasteiger partial charge in [-0.2, -0.15) is 0 Å². The molecule has 60 valence electrons. The van der Waals surface area contributed by atoms with Crippen LogP contribution in [0.2, 0.25) is 0 Å². The first-order valence-corrected chi connectivity index (χ1v) is 4.39. The highest BCUT2D eigenvalue weighted by atomic mass is 16.5. The minimum Gasteiger partial charge on any atom is -0.375 e. The summed E-state index contributed by atoms with van der Waals surface area (Å²) in [6.45, 7) is 6.67. The van der Waals surface area contributed by atoms with Crippen molar-refractivity contribution in [1.82, 2.24) is 0 Å². The van der Waals surface area contributed by atoms with Crippen LogP contribution in [0.1, 0.15) is 40.0 Å². The van der Waals surface area contributed by atoms with E-state index in [-0.39, 0.29) is 0 Å². The molecule has 0 aromatic heterocycles. The van der Waals surface area contributed by atoms with Gasteiger partial charge in [0.25, 0.3) is 0 Å². The summed E-state index contributed by atoms with van der Waals surface area (Å²) in [5, 5.41) is 0. The average molecular weight is 142 g/mol. The summed E-state index contributed by atoms with van der Waals surface area (Å²) >= 11 is 0. The maximum Gasteiger partial charge on any atom is 0.0601 e. The van der Waals surface area contributed by atoms with E-state index in [2.05, 4.69) is 20.8 Å². The van der Waals surface area contributed by atoms with Gasteiger partial charge in [-0.05, 0) is 32.1 Å². The first kappa shape index (κ1) is 8.06. The van der Waals surface area contributed by atoms with Crippen LogP contribution >= 0.6 is 0 Å². The number of hydrogen-bond acceptors (Lipinski definition) is 1. The van der Waals surface area contributed by atoms with Gasteiger partial charge in [-0.15, -0.1) is 0 Å². The molecular formula is C9H18O. The molecular weight excluding hydrogens is 124 g/mol. The quantitative estimate of drug-likeness (QED) is 0.547. The minimum atomic E-state index is 0.501. The second-order valence-corrected chi connectivity index (χ2v) is 3.45. The zero-order valence-electron chi connectivity index (χ0n) is 7.26. The highest BCUT2D eigenvalue weighted by molar-refractivity contribution is 4.72. The lowest BCUT2D eigenvalue weighted by Crippen LogP contribution is -2.31. The minimum absolute atomic E-state index is 0.501. The molecule has 1 aliphatic rings. The van der Waals surface area contributed by atoms with E-state index in [4.69, 9.17) is 4.74 Å². The summed E-state index contributed by atoms with van der Waals surface area (Å²) in [6, 6.07) is 0. The second kappa shape index (κ2) is 3.38. The third-order valence-electron chi connectivity index (χ3n) is 2.47. The fourth-order valence-electron chi connectivity index (χ4n) is 1.68. The second-order valence-electron chi connectivity index (χ2n) is 3.45. The lowest BCUT2D eigenvalue weighted by atomic mass is 9.92. The van der Waals surface area contributed by atoms with E-state index < -0.39 is 0 Å². The Bertz CT molecular complexity index is 101. The zero-order chi connectivity index (χ0) is 7.56. The van der Waals surface area contributed by atoms with Crippen LogP contribution in [0.3, 0.4) is 0 Å². The van der Waals surface area contributed by atoms with Crippen LogP contribution in [0.15, 0.2) is 0 Å². The molecule has 10 heavy (non-hydrogen) atoms. The Hall–Kier alpha value is -0.0400. The molecule has 2 unspecified atom stereocenters. The molecule has 1 heteroatoms. The highest BCUT2D eigenvalue weighted by Gasteiger charge is 2.23. The fraction of sp³-hybridized carbons (Fsp3) is 1.00. The SMILES string of the molecule is CC[C@H]1OC(C)CCC1C. The van der Waals surface area contributed by atoms with E-state index in [0.29, 0.717) is 12.2 Å². The van der Waals surface area contributed by atoms with Gasteiger partial charge < -0.3 is 4.74 Å². The Morgan fingerprint density at radius 1 is 1.30 bits per heavy atom. The standard InChI is InChI=1S/C9H18O/c1-4-9-7(2)5-6-8(3)10-9/h7-9H,4-6H2,1-3H3/t7?,8?,9-/m1/s1. The van der Waals surface area contributed by atoms with Crippen LogP contribution in [-0.4, -0.2) is 12.2 Å². The van der Waals surface area contributed by atoms with E-state index in [1.54, 1.807) is 0 Å². The Kier molecular flexibility index (Phi) is 2.72. The van der Waals surface area contributed by atoms with Gasteiger partial charge in [0.2, 0.25) is 0 Å². The van der Waals surface area contributed by atoms with E-state index in [1.165, 1.54) is 19.3 Å². The lowest BCUT2D eigenvalue weighted by molar-refractivity contribution is -0.0708. The van der Waals surface area contributed by atoms with E-state index in [1.807, 2.05) is 0 Å². The van der Waals surface area contributed by atoms with Crippen LogP contribution in [0.5, 0.6) is 0 Å². The summed E-state index contributed by atoms with van der Waals surface area (Å²) in [5.74, 6) is 0.779. The molecule has 0 bridgehead atoms. The summed E-state index contributed by atoms with van der Waals surface area (Å²) in [4.78, 5) is 0. The summed E-state index contributed by atoms with van der Waals surface area (Å²) < 4.78 is 5.75.